The molecule has 2 amide bonds. The molecule has 3 atom stereocenters. The van der Waals surface area contributed by atoms with Crippen molar-refractivity contribution in [2.45, 2.75) is 90.6 Å². The van der Waals surface area contributed by atoms with Crippen molar-refractivity contribution in [2.75, 3.05) is 26.2 Å². The minimum atomic E-state index is -0.611. The van der Waals surface area contributed by atoms with Crippen molar-refractivity contribution in [1.29, 1.82) is 0 Å². The summed E-state index contributed by atoms with van der Waals surface area (Å²) in [6.45, 7) is 14.5. The molecule has 0 radical (unpaired) electrons. The van der Waals surface area contributed by atoms with Gasteiger partial charge < -0.3 is 10.2 Å². The summed E-state index contributed by atoms with van der Waals surface area (Å²) >= 11 is 6.52. The van der Waals surface area contributed by atoms with Crippen LogP contribution in [0.3, 0.4) is 0 Å². The van der Waals surface area contributed by atoms with Crippen LogP contribution in [0.15, 0.2) is 30.3 Å². The predicted octanol–water partition coefficient (Wildman–Crippen LogP) is 7.12. The SMILES string of the molecule is CCC(NC(C)=O)c1cc(Cl)c(C)cc1C1CCN(C(=O)C2CCN(C(C)(C)C)CC2c2ccc(F)cc2F)CC1. The molecule has 2 saturated heterocycles. The van der Waals surface area contributed by atoms with Crippen LogP contribution < -0.4 is 5.32 Å². The number of nitrogens with one attached hydrogen (secondary N) is 1. The van der Waals surface area contributed by atoms with Crippen LogP contribution in [0.1, 0.15) is 100 Å². The fraction of sp³-hybridized carbons (Fsp3) is 0.576. The second kappa shape index (κ2) is 12.8. The molecular formula is C33H44ClF2N3O2. The highest BCUT2D eigenvalue weighted by atomic mass is 35.5. The van der Waals surface area contributed by atoms with Crippen LogP contribution in [-0.4, -0.2) is 53.3 Å². The van der Waals surface area contributed by atoms with Crippen LogP contribution in [-0.2, 0) is 9.59 Å². The monoisotopic (exact) mass is 587 g/mol. The Labute approximate surface area is 248 Å². The highest BCUT2D eigenvalue weighted by Crippen LogP contribution is 2.40. The number of piperidine rings is 2. The Bertz CT molecular complexity index is 1270. The first-order chi connectivity index (χ1) is 19.3. The average molecular weight is 588 g/mol. The summed E-state index contributed by atoms with van der Waals surface area (Å²) in [5, 5.41) is 3.75. The maximum atomic E-state index is 15.0. The Morgan fingerprint density at radius 3 is 2.32 bits per heavy atom. The summed E-state index contributed by atoms with van der Waals surface area (Å²) in [6.07, 6.45) is 2.98. The van der Waals surface area contributed by atoms with Gasteiger partial charge in [0.15, 0.2) is 0 Å². The fourth-order valence-corrected chi connectivity index (χ4v) is 6.81. The first-order valence-corrected chi connectivity index (χ1v) is 15.2. The van der Waals surface area contributed by atoms with E-state index in [0.717, 1.165) is 43.0 Å². The van der Waals surface area contributed by atoms with Gasteiger partial charge in [-0.05, 0) is 100 Å². The highest BCUT2D eigenvalue weighted by Gasteiger charge is 2.41. The molecule has 3 unspecified atom stereocenters. The van der Waals surface area contributed by atoms with Gasteiger partial charge in [-0.2, -0.15) is 0 Å². The molecule has 2 aliphatic rings. The first-order valence-electron chi connectivity index (χ1n) is 14.9. The molecule has 2 aliphatic heterocycles. The van der Waals surface area contributed by atoms with E-state index in [0.29, 0.717) is 36.6 Å². The maximum absolute atomic E-state index is 15.0. The van der Waals surface area contributed by atoms with Crippen LogP contribution in [0.5, 0.6) is 0 Å². The number of nitrogens with zero attached hydrogens (tertiary/aromatic N) is 2. The number of aryl methyl sites for hydroxylation is 1. The molecule has 0 aromatic heterocycles. The lowest BCUT2D eigenvalue weighted by Gasteiger charge is -2.46. The lowest BCUT2D eigenvalue weighted by Crippen LogP contribution is -2.53. The third-order valence-electron chi connectivity index (χ3n) is 9.01. The van der Waals surface area contributed by atoms with Gasteiger partial charge in [0.1, 0.15) is 11.6 Å². The molecule has 2 fully saturated rings. The van der Waals surface area contributed by atoms with Crippen molar-refractivity contribution >= 4 is 23.4 Å². The number of rotatable bonds is 6. The van der Waals surface area contributed by atoms with Gasteiger partial charge in [0.05, 0.1) is 6.04 Å². The second-order valence-electron chi connectivity index (χ2n) is 12.8. The van der Waals surface area contributed by atoms with Gasteiger partial charge in [-0.3, -0.25) is 14.5 Å². The number of likely N-dealkylation sites (tertiary alicyclic amines) is 2. The predicted molar refractivity (Wildman–Crippen MR) is 160 cm³/mol. The van der Waals surface area contributed by atoms with E-state index >= 15 is 4.39 Å². The van der Waals surface area contributed by atoms with E-state index in [1.54, 1.807) is 0 Å². The van der Waals surface area contributed by atoms with Crippen LogP contribution in [0.25, 0.3) is 0 Å². The van der Waals surface area contributed by atoms with Crippen molar-refractivity contribution < 1.29 is 18.4 Å². The van der Waals surface area contributed by atoms with Crippen molar-refractivity contribution in [3.05, 3.63) is 69.2 Å². The normalized spacial score (nSPS) is 21.5. The standard InChI is InChI=1S/C33H44ClF2N3O2/c1-7-31(37-21(3)40)27-18-29(34)20(2)16-26(27)22-10-13-38(14-11-22)32(41)25-12-15-39(33(4,5)6)19-28(25)24-9-8-23(35)17-30(24)36/h8-9,16-18,22,25,28,31H,7,10-15,19H2,1-6H3,(H,37,40). The smallest absolute Gasteiger partial charge is 0.226 e. The number of hydrogen-bond donors (Lipinski definition) is 1. The topological polar surface area (TPSA) is 52.7 Å². The van der Waals surface area contributed by atoms with E-state index in [1.165, 1.54) is 24.6 Å². The van der Waals surface area contributed by atoms with Crippen molar-refractivity contribution in [1.82, 2.24) is 15.1 Å². The van der Waals surface area contributed by atoms with Crippen molar-refractivity contribution in [2.24, 2.45) is 5.92 Å². The van der Waals surface area contributed by atoms with Gasteiger partial charge in [-0.1, -0.05) is 30.7 Å². The molecule has 224 valence electrons. The average Bonchev–Trinajstić information content (AvgIpc) is 2.92. The molecule has 2 aromatic carbocycles. The Balaban J connectivity index is 1.54. The molecule has 4 rings (SSSR count). The van der Waals surface area contributed by atoms with Crippen LogP contribution >= 0.6 is 11.6 Å². The van der Waals surface area contributed by atoms with Gasteiger partial charge in [-0.25, -0.2) is 8.78 Å². The molecular weight excluding hydrogens is 544 g/mol. The third-order valence-corrected chi connectivity index (χ3v) is 9.42. The van der Waals surface area contributed by atoms with Crippen molar-refractivity contribution in [3.63, 3.8) is 0 Å². The number of hydrogen-bond acceptors (Lipinski definition) is 3. The van der Waals surface area contributed by atoms with Crippen molar-refractivity contribution in [3.8, 4) is 0 Å². The number of halogens is 3. The molecule has 0 spiro atoms. The van der Waals surface area contributed by atoms with Gasteiger partial charge in [0.25, 0.3) is 0 Å². The molecule has 2 heterocycles. The maximum Gasteiger partial charge on any atom is 0.226 e. The minimum absolute atomic E-state index is 0.0583. The lowest BCUT2D eigenvalue weighted by atomic mass is 9.77. The Morgan fingerprint density at radius 1 is 1.05 bits per heavy atom. The van der Waals surface area contributed by atoms with E-state index < -0.39 is 11.6 Å². The van der Waals surface area contributed by atoms with Crippen LogP contribution in [0.2, 0.25) is 5.02 Å². The fourth-order valence-electron chi connectivity index (χ4n) is 6.64. The van der Waals surface area contributed by atoms with Crippen LogP contribution in [0.4, 0.5) is 8.78 Å². The number of carbonyl (C=O) groups is 2. The Morgan fingerprint density at radius 2 is 1.73 bits per heavy atom. The molecule has 0 saturated carbocycles. The zero-order valence-electron chi connectivity index (χ0n) is 25.2. The zero-order valence-corrected chi connectivity index (χ0v) is 26.0. The van der Waals surface area contributed by atoms with E-state index in [2.05, 4.69) is 37.1 Å². The summed E-state index contributed by atoms with van der Waals surface area (Å²) in [6, 6.07) is 7.72. The summed E-state index contributed by atoms with van der Waals surface area (Å²) in [7, 11) is 0. The molecule has 1 N–H and O–H groups in total. The number of benzene rings is 2. The largest absolute Gasteiger partial charge is 0.350 e. The van der Waals surface area contributed by atoms with E-state index in [9.17, 15) is 14.0 Å². The van der Waals surface area contributed by atoms with Gasteiger partial charge >= 0.3 is 0 Å². The van der Waals surface area contributed by atoms with E-state index in [1.807, 2.05) is 24.8 Å². The van der Waals surface area contributed by atoms with Gasteiger partial charge in [-0.15, -0.1) is 0 Å². The molecule has 5 nitrogen and oxygen atoms in total. The molecule has 2 aromatic rings. The first kappa shape index (κ1) is 31.4. The highest BCUT2D eigenvalue weighted by molar-refractivity contribution is 6.31. The third kappa shape index (κ3) is 7.11. The lowest BCUT2D eigenvalue weighted by molar-refractivity contribution is -0.139. The number of carbonyl (C=O) groups excluding carboxylic acids is 2. The summed E-state index contributed by atoms with van der Waals surface area (Å²) in [5.41, 5.74) is 3.52. The molecule has 0 aliphatic carbocycles. The van der Waals surface area contributed by atoms with E-state index in [4.69, 9.17) is 11.6 Å². The quantitative estimate of drug-likeness (QED) is 0.391. The molecule has 8 heteroatoms. The summed E-state index contributed by atoms with van der Waals surface area (Å²) < 4.78 is 28.8. The zero-order chi connectivity index (χ0) is 30.1. The Kier molecular flexibility index (Phi) is 9.80. The molecule has 0 bridgehead atoms. The second-order valence-corrected chi connectivity index (χ2v) is 13.2. The molecule has 41 heavy (non-hydrogen) atoms. The van der Waals surface area contributed by atoms with Gasteiger partial charge in [0, 0.05) is 55.0 Å². The summed E-state index contributed by atoms with van der Waals surface area (Å²) in [5.74, 6) is -1.68. The van der Waals surface area contributed by atoms with Crippen LogP contribution in [0, 0.1) is 24.5 Å². The number of amides is 2. The minimum Gasteiger partial charge on any atom is -0.350 e. The Hall–Kier alpha value is -2.51. The van der Waals surface area contributed by atoms with Gasteiger partial charge in [0.2, 0.25) is 11.8 Å². The van der Waals surface area contributed by atoms with E-state index in [-0.39, 0.29) is 41.1 Å². The summed E-state index contributed by atoms with van der Waals surface area (Å²) in [4.78, 5) is 30.1.